The van der Waals surface area contributed by atoms with Crippen LogP contribution in [0.5, 0.6) is 5.75 Å². The molecular weight excluding hydrogens is 330 g/mol. The van der Waals surface area contributed by atoms with Gasteiger partial charge in [0.1, 0.15) is 5.75 Å². The molecule has 0 spiro atoms. The van der Waals surface area contributed by atoms with E-state index in [0.29, 0.717) is 28.1 Å². The van der Waals surface area contributed by atoms with Gasteiger partial charge in [-0.3, -0.25) is 9.59 Å². The third kappa shape index (κ3) is 2.65. The van der Waals surface area contributed by atoms with Crippen LogP contribution in [-0.4, -0.2) is 17.8 Å². The summed E-state index contributed by atoms with van der Waals surface area (Å²) in [6, 6.07) is 21.6. The van der Waals surface area contributed by atoms with Crippen LogP contribution in [0.15, 0.2) is 78.9 Å². The number of carbonyl (C=O) groups excluding carboxylic acids is 3. The Morgan fingerprint density at radius 1 is 0.692 bits per heavy atom. The Morgan fingerprint density at radius 3 is 1.81 bits per heavy atom. The van der Waals surface area contributed by atoms with Gasteiger partial charge in [-0.05, 0) is 48.5 Å². The maximum absolute atomic E-state index is 12.5. The Hall–Kier alpha value is -3.73. The molecule has 1 aliphatic heterocycles. The van der Waals surface area contributed by atoms with Gasteiger partial charge in [-0.25, -0.2) is 9.69 Å². The zero-order valence-electron chi connectivity index (χ0n) is 13.6. The standard InChI is InChI=1S/C21H13NO4/c23-19-17-8-4-5-9-18(17)20(24)22(19)15-12-10-14(11-13-15)21(25)26-16-6-2-1-3-7-16/h1-13H. The largest absolute Gasteiger partial charge is 0.423 e. The second-order valence-corrected chi connectivity index (χ2v) is 5.74. The van der Waals surface area contributed by atoms with E-state index in [-0.39, 0.29) is 11.8 Å². The van der Waals surface area contributed by atoms with Gasteiger partial charge in [0.2, 0.25) is 0 Å². The van der Waals surface area contributed by atoms with E-state index in [4.69, 9.17) is 4.74 Å². The molecule has 0 aliphatic carbocycles. The SMILES string of the molecule is O=C(Oc1ccccc1)c1ccc(N2C(=O)c3ccccc3C2=O)cc1. The summed E-state index contributed by atoms with van der Waals surface area (Å²) in [4.78, 5) is 38.3. The van der Waals surface area contributed by atoms with E-state index in [1.807, 2.05) is 6.07 Å². The maximum Gasteiger partial charge on any atom is 0.343 e. The zero-order valence-corrected chi connectivity index (χ0v) is 13.6. The lowest BCUT2D eigenvalue weighted by Gasteiger charge is -2.14. The summed E-state index contributed by atoms with van der Waals surface area (Å²) in [6.07, 6.45) is 0. The number of amides is 2. The van der Waals surface area contributed by atoms with Gasteiger partial charge in [0.05, 0.1) is 22.4 Å². The smallest absolute Gasteiger partial charge is 0.343 e. The number of carbonyl (C=O) groups is 3. The fourth-order valence-electron chi connectivity index (χ4n) is 2.82. The first-order valence-corrected chi connectivity index (χ1v) is 8.00. The number of benzene rings is 3. The van der Waals surface area contributed by atoms with Gasteiger partial charge in [-0.2, -0.15) is 0 Å². The number of esters is 1. The van der Waals surface area contributed by atoms with Crippen LogP contribution in [0.2, 0.25) is 0 Å². The lowest BCUT2D eigenvalue weighted by atomic mass is 10.1. The molecule has 0 aromatic heterocycles. The summed E-state index contributed by atoms with van der Waals surface area (Å²) in [5.41, 5.74) is 1.50. The summed E-state index contributed by atoms with van der Waals surface area (Å²) in [5.74, 6) is -0.803. The van der Waals surface area contributed by atoms with E-state index in [1.165, 1.54) is 12.1 Å². The third-order valence-corrected chi connectivity index (χ3v) is 4.11. The maximum atomic E-state index is 12.5. The lowest BCUT2D eigenvalue weighted by Crippen LogP contribution is -2.29. The second-order valence-electron chi connectivity index (χ2n) is 5.74. The van der Waals surface area contributed by atoms with E-state index in [1.54, 1.807) is 60.7 Å². The van der Waals surface area contributed by atoms with Crippen molar-refractivity contribution in [3.05, 3.63) is 95.6 Å². The van der Waals surface area contributed by atoms with Gasteiger partial charge >= 0.3 is 5.97 Å². The Kier molecular flexibility index (Phi) is 3.82. The van der Waals surface area contributed by atoms with Crippen LogP contribution >= 0.6 is 0 Å². The van der Waals surface area contributed by atoms with Crippen molar-refractivity contribution < 1.29 is 19.1 Å². The minimum absolute atomic E-state index is 0.328. The minimum Gasteiger partial charge on any atom is -0.423 e. The number of anilines is 1. The van der Waals surface area contributed by atoms with Crippen molar-refractivity contribution in [1.29, 1.82) is 0 Å². The first-order valence-electron chi connectivity index (χ1n) is 8.00. The van der Waals surface area contributed by atoms with E-state index >= 15 is 0 Å². The molecule has 3 aromatic carbocycles. The van der Waals surface area contributed by atoms with Crippen molar-refractivity contribution in [3.8, 4) is 5.75 Å². The normalized spacial score (nSPS) is 12.8. The fraction of sp³-hybridized carbons (Fsp3) is 0. The summed E-state index contributed by atoms with van der Waals surface area (Å²) < 4.78 is 5.27. The Bertz CT molecular complexity index is 975. The van der Waals surface area contributed by atoms with E-state index < -0.39 is 5.97 Å². The predicted molar refractivity (Wildman–Crippen MR) is 95.4 cm³/mol. The number of rotatable bonds is 3. The van der Waals surface area contributed by atoms with Crippen LogP contribution in [-0.2, 0) is 0 Å². The molecule has 5 heteroatoms. The monoisotopic (exact) mass is 343 g/mol. The predicted octanol–water partition coefficient (Wildman–Crippen LogP) is 3.71. The molecule has 0 saturated heterocycles. The second kappa shape index (κ2) is 6.29. The number of imide groups is 1. The Labute approximate surface area is 149 Å². The zero-order chi connectivity index (χ0) is 18.1. The number of fused-ring (bicyclic) bond motifs is 1. The molecule has 3 aromatic rings. The van der Waals surface area contributed by atoms with Crippen LogP contribution in [0.4, 0.5) is 5.69 Å². The average molecular weight is 343 g/mol. The molecule has 0 unspecified atom stereocenters. The fourth-order valence-corrected chi connectivity index (χ4v) is 2.82. The Balaban J connectivity index is 1.56. The highest BCUT2D eigenvalue weighted by Gasteiger charge is 2.36. The highest BCUT2D eigenvalue weighted by molar-refractivity contribution is 6.34. The molecule has 5 nitrogen and oxygen atoms in total. The third-order valence-electron chi connectivity index (χ3n) is 4.11. The number of nitrogens with zero attached hydrogens (tertiary/aromatic N) is 1. The van der Waals surface area contributed by atoms with Crippen molar-refractivity contribution >= 4 is 23.5 Å². The quantitative estimate of drug-likeness (QED) is 0.413. The Morgan fingerprint density at radius 2 is 1.23 bits per heavy atom. The van der Waals surface area contributed by atoms with E-state index in [2.05, 4.69) is 0 Å². The molecule has 0 N–H and O–H groups in total. The van der Waals surface area contributed by atoms with Gasteiger partial charge in [0, 0.05) is 0 Å². The summed E-state index contributed by atoms with van der Waals surface area (Å²) >= 11 is 0. The molecule has 4 rings (SSSR count). The molecule has 1 aliphatic rings. The van der Waals surface area contributed by atoms with Crippen LogP contribution in [0, 0.1) is 0 Å². The van der Waals surface area contributed by atoms with Crippen LogP contribution < -0.4 is 9.64 Å². The number of para-hydroxylation sites is 1. The molecule has 0 atom stereocenters. The van der Waals surface area contributed by atoms with Crippen molar-refractivity contribution in [1.82, 2.24) is 0 Å². The van der Waals surface area contributed by atoms with Crippen LogP contribution in [0.3, 0.4) is 0 Å². The molecular formula is C21H13NO4. The number of hydrogen-bond acceptors (Lipinski definition) is 4. The van der Waals surface area contributed by atoms with E-state index in [9.17, 15) is 14.4 Å². The van der Waals surface area contributed by atoms with Gasteiger partial charge in [0.25, 0.3) is 11.8 Å². The van der Waals surface area contributed by atoms with Gasteiger partial charge in [-0.15, -0.1) is 0 Å². The highest BCUT2D eigenvalue weighted by atomic mass is 16.5. The van der Waals surface area contributed by atoms with Crippen molar-refractivity contribution in [2.45, 2.75) is 0 Å². The molecule has 0 radical (unpaired) electrons. The van der Waals surface area contributed by atoms with Crippen molar-refractivity contribution in [2.24, 2.45) is 0 Å². The average Bonchev–Trinajstić information content (AvgIpc) is 2.94. The van der Waals surface area contributed by atoms with Crippen molar-refractivity contribution in [2.75, 3.05) is 4.90 Å². The molecule has 26 heavy (non-hydrogen) atoms. The molecule has 2 amide bonds. The molecule has 1 heterocycles. The van der Waals surface area contributed by atoms with Gasteiger partial charge < -0.3 is 4.74 Å². The van der Waals surface area contributed by atoms with E-state index in [0.717, 1.165) is 4.90 Å². The van der Waals surface area contributed by atoms with Gasteiger partial charge in [0.15, 0.2) is 0 Å². The van der Waals surface area contributed by atoms with Crippen LogP contribution in [0.1, 0.15) is 31.1 Å². The molecule has 0 fully saturated rings. The summed E-state index contributed by atoms with van der Waals surface area (Å²) in [7, 11) is 0. The first kappa shape index (κ1) is 15.8. The summed E-state index contributed by atoms with van der Waals surface area (Å²) in [5, 5.41) is 0. The molecule has 126 valence electrons. The van der Waals surface area contributed by atoms with Gasteiger partial charge in [-0.1, -0.05) is 30.3 Å². The highest BCUT2D eigenvalue weighted by Crippen LogP contribution is 2.28. The topological polar surface area (TPSA) is 63.7 Å². The minimum atomic E-state index is -0.509. The van der Waals surface area contributed by atoms with Crippen LogP contribution in [0.25, 0.3) is 0 Å². The lowest BCUT2D eigenvalue weighted by molar-refractivity contribution is 0.0734. The first-order chi connectivity index (χ1) is 12.6. The molecule has 0 bridgehead atoms. The summed E-state index contributed by atoms with van der Waals surface area (Å²) in [6.45, 7) is 0. The number of hydrogen-bond donors (Lipinski definition) is 0. The number of ether oxygens (including phenoxy) is 1. The molecule has 0 saturated carbocycles. The van der Waals surface area contributed by atoms with Crippen molar-refractivity contribution in [3.63, 3.8) is 0 Å².